The SMILES string of the molecule is CC(C)[C@@H](NC(=O)c1cc(C(F)(F)F)ccc1F)C(=O)N1CCC2(CC1)C(=O)N(C)CN2c1ccc(-c2ncn[nH]2)cc1. The number of hydrogen-bond acceptors (Lipinski definition) is 6. The van der Waals surface area contributed by atoms with E-state index >= 15 is 0 Å². The van der Waals surface area contributed by atoms with Crippen LogP contribution in [0.1, 0.15) is 42.6 Å². The van der Waals surface area contributed by atoms with Crippen LogP contribution in [0.2, 0.25) is 0 Å². The van der Waals surface area contributed by atoms with Gasteiger partial charge in [0, 0.05) is 31.4 Å². The average Bonchev–Trinajstić information content (AvgIpc) is 3.59. The molecular formula is C29H31F4N7O3. The van der Waals surface area contributed by atoms with Crippen molar-refractivity contribution in [2.24, 2.45) is 5.92 Å². The maximum absolute atomic E-state index is 14.4. The molecule has 3 heterocycles. The third kappa shape index (κ3) is 5.65. The first-order chi connectivity index (χ1) is 20.3. The van der Waals surface area contributed by atoms with Gasteiger partial charge in [-0.2, -0.15) is 18.3 Å². The number of aromatic amines is 1. The Bertz CT molecular complexity index is 1500. The fraction of sp³-hybridized carbons (Fsp3) is 0.414. The molecule has 3 aromatic rings. The molecule has 0 aliphatic carbocycles. The lowest BCUT2D eigenvalue weighted by Crippen LogP contribution is -2.60. The molecule has 2 aliphatic rings. The van der Waals surface area contributed by atoms with Crippen molar-refractivity contribution in [2.75, 3.05) is 31.7 Å². The highest BCUT2D eigenvalue weighted by Gasteiger charge is 2.53. The molecular weight excluding hydrogens is 570 g/mol. The number of aromatic nitrogens is 3. The van der Waals surface area contributed by atoms with Gasteiger partial charge in [-0.15, -0.1) is 0 Å². The number of halogens is 4. The van der Waals surface area contributed by atoms with E-state index in [0.717, 1.165) is 11.3 Å². The van der Waals surface area contributed by atoms with Crippen LogP contribution in [-0.2, 0) is 15.8 Å². The standard InChI is InChI=1S/C29H31F4N7O3/c1-17(2)23(36-25(41)21-14-19(29(31,32)33)6-9-22(21)30)26(42)39-12-10-28(11-13-39)27(43)38(3)16-40(28)20-7-4-18(5-8-20)24-34-15-35-37-24/h4-9,14-15,17,23H,10-13,16H2,1-3H3,(H,36,41)(H,34,35,37)/t23-/m1/s1. The molecule has 1 aromatic heterocycles. The van der Waals surface area contributed by atoms with Gasteiger partial charge >= 0.3 is 6.18 Å². The van der Waals surface area contributed by atoms with E-state index in [0.29, 0.717) is 43.5 Å². The highest BCUT2D eigenvalue weighted by molar-refractivity contribution is 5.98. The van der Waals surface area contributed by atoms with Gasteiger partial charge in [-0.05, 0) is 61.2 Å². The number of rotatable bonds is 6. The minimum absolute atomic E-state index is 0.0624. The number of piperidine rings is 1. The fourth-order valence-electron chi connectivity index (χ4n) is 5.74. The second-order valence-corrected chi connectivity index (χ2v) is 11.2. The molecule has 5 rings (SSSR count). The van der Waals surface area contributed by atoms with Crippen LogP contribution in [0.3, 0.4) is 0 Å². The summed E-state index contributed by atoms with van der Waals surface area (Å²) in [6.45, 7) is 4.14. The molecule has 228 valence electrons. The van der Waals surface area contributed by atoms with Crippen LogP contribution in [0.4, 0.5) is 23.2 Å². The molecule has 10 nitrogen and oxygen atoms in total. The molecule has 43 heavy (non-hydrogen) atoms. The summed E-state index contributed by atoms with van der Waals surface area (Å²) in [7, 11) is 1.72. The van der Waals surface area contributed by atoms with Crippen LogP contribution in [0.25, 0.3) is 11.4 Å². The number of nitrogens with one attached hydrogen (secondary N) is 2. The number of hydrogen-bond donors (Lipinski definition) is 2. The van der Waals surface area contributed by atoms with Gasteiger partial charge in [0.1, 0.15) is 23.7 Å². The molecule has 0 bridgehead atoms. The molecule has 3 amide bonds. The zero-order valence-electron chi connectivity index (χ0n) is 23.8. The Labute approximate surface area is 245 Å². The molecule has 0 radical (unpaired) electrons. The molecule has 2 fully saturated rings. The van der Waals surface area contributed by atoms with Gasteiger partial charge in [-0.3, -0.25) is 19.5 Å². The third-order valence-corrected chi connectivity index (χ3v) is 8.14. The Hall–Kier alpha value is -4.49. The van der Waals surface area contributed by atoms with Gasteiger partial charge < -0.3 is 20.0 Å². The van der Waals surface area contributed by atoms with Crippen molar-refractivity contribution in [1.29, 1.82) is 0 Å². The second-order valence-electron chi connectivity index (χ2n) is 11.2. The number of likely N-dealkylation sites (N-methyl/N-ethyl adjacent to an activating group) is 1. The Kier molecular flexibility index (Phi) is 7.88. The zero-order valence-corrected chi connectivity index (χ0v) is 23.8. The minimum Gasteiger partial charge on any atom is -0.341 e. The van der Waals surface area contributed by atoms with E-state index < -0.39 is 52.4 Å². The summed E-state index contributed by atoms with van der Waals surface area (Å²) >= 11 is 0. The summed E-state index contributed by atoms with van der Waals surface area (Å²) in [6, 6.07) is 8.03. The predicted molar refractivity (Wildman–Crippen MR) is 148 cm³/mol. The van der Waals surface area contributed by atoms with Gasteiger partial charge in [0.25, 0.3) is 5.91 Å². The number of carbonyl (C=O) groups excluding carboxylic acids is 3. The summed E-state index contributed by atoms with van der Waals surface area (Å²) in [6.07, 6.45) is -2.70. The van der Waals surface area contributed by atoms with E-state index in [1.54, 1.807) is 25.8 Å². The lowest BCUT2D eigenvalue weighted by Gasteiger charge is -2.44. The number of alkyl halides is 3. The van der Waals surface area contributed by atoms with Crippen molar-refractivity contribution < 1.29 is 31.9 Å². The summed E-state index contributed by atoms with van der Waals surface area (Å²) in [5.74, 6) is -2.58. The first kappa shape index (κ1) is 30.0. The van der Waals surface area contributed by atoms with E-state index in [1.165, 1.54) is 11.2 Å². The zero-order chi connectivity index (χ0) is 31.1. The van der Waals surface area contributed by atoms with Crippen LogP contribution >= 0.6 is 0 Å². The van der Waals surface area contributed by atoms with Crippen LogP contribution in [-0.4, -0.2) is 81.1 Å². The monoisotopic (exact) mass is 601 g/mol. The van der Waals surface area contributed by atoms with Gasteiger partial charge in [0.05, 0.1) is 17.8 Å². The Morgan fingerprint density at radius 3 is 2.33 bits per heavy atom. The molecule has 0 unspecified atom stereocenters. The van der Waals surface area contributed by atoms with E-state index in [1.807, 2.05) is 29.2 Å². The van der Waals surface area contributed by atoms with Crippen LogP contribution < -0.4 is 10.2 Å². The highest BCUT2D eigenvalue weighted by atomic mass is 19.4. The van der Waals surface area contributed by atoms with E-state index in [4.69, 9.17) is 0 Å². The number of H-pyrrole nitrogens is 1. The average molecular weight is 602 g/mol. The minimum atomic E-state index is -4.77. The number of likely N-dealkylation sites (tertiary alicyclic amines) is 1. The van der Waals surface area contributed by atoms with Gasteiger partial charge in [-0.1, -0.05) is 13.8 Å². The Balaban J connectivity index is 1.31. The van der Waals surface area contributed by atoms with Crippen LogP contribution in [0.15, 0.2) is 48.8 Å². The fourth-order valence-corrected chi connectivity index (χ4v) is 5.74. The van der Waals surface area contributed by atoms with Crippen molar-refractivity contribution in [3.05, 3.63) is 65.7 Å². The number of anilines is 1. The van der Waals surface area contributed by atoms with Crippen LogP contribution in [0.5, 0.6) is 0 Å². The quantitative estimate of drug-likeness (QED) is 0.417. The number of carbonyl (C=O) groups is 3. The summed E-state index contributed by atoms with van der Waals surface area (Å²) < 4.78 is 53.8. The van der Waals surface area contributed by atoms with E-state index in [-0.39, 0.29) is 19.0 Å². The Morgan fingerprint density at radius 2 is 1.74 bits per heavy atom. The van der Waals surface area contributed by atoms with Crippen molar-refractivity contribution in [2.45, 2.75) is 44.4 Å². The molecule has 2 N–H and O–H groups in total. The number of nitrogens with zero attached hydrogens (tertiary/aromatic N) is 5. The second kappa shape index (κ2) is 11.3. The van der Waals surface area contributed by atoms with E-state index in [9.17, 15) is 31.9 Å². The molecule has 1 spiro atoms. The molecule has 2 aliphatic heterocycles. The van der Waals surface area contributed by atoms with E-state index in [2.05, 4.69) is 20.5 Å². The maximum Gasteiger partial charge on any atom is 0.416 e. The molecule has 2 saturated heterocycles. The van der Waals surface area contributed by atoms with Crippen molar-refractivity contribution >= 4 is 23.4 Å². The topological polar surface area (TPSA) is 115 Å². The molecule has 14 heteroatoms. The van der Waals surface area contributed by atoms with Crippen molar-refractivity contribution in [1.82, 2.24) is 30.3 Å². The predicted octanol–water partition coefficient (Wildman–Crippen LogP) is 3.68. The molecule has 1 atom stereocenters. The van der Waals surface area contributed by atoms with Crippen LogP contribution in [0, 0.1) is 11.7 Å². The highest BCUT2D eigenvalue weighted by Crippen LogP contribution is 2.39. The van der Waals surface area contributed by atoms with Crippen molar-refractivity contribution in [3.8, 4) is 11.4 Å². The van der Waals surface area contributed by atoms with Gasteiger partial charge in [0.2, 0.25) is 11.8 Å². The van der Waals surface area contributed by atoms with Gasteiger partial charge in [-0.25, -0.2) is 9.37 Å². The summed E-state index contributed by atoms with van der Waals surface area (Å²) in [4.78, 5) is 49.3. The molecule has 2 aromatic carbocycles. The Morgan fingerprint density at radius 1 is 1.07 bits per heavy atom. The lowest BCUT2D eigenvalue weighted by molar-refractivity contribution is -0.139. The van der Waals surface area contributed by atoms with Crippen molar-refractivity contribution in [3.63, 3.8) is 0 Å². The lowest BCUT2D eigenvalue weighted by atomic mass is 9.85. The van der Waals surface area contributed by atoms with Gasteiger partial charge in [0.15, 0.2) is 5.82 Å². The summed E-state index contributed by atoms with van der Waals surface area (Å²) in [5, 5.41) is 9.12. The first-order valence-electron chi connectivity index (χ1n) is 13.8. The largest absolute Gasteiger partial charge is 0.416 e. The molecule has 0 saturated carbocycles. The smallest absolute Gasteiger partial charge is 0.341 e. The summed E-state index contributed by atoms with van der Waals surface area (Å²) in [5.41, 5.74) is -1.18. The number of benzene rings is 2. The normalized spacial score (nSPS) is 17.6. The maximum atomic E-state index is 14.4. The first-order valence-corrected chi connectivity index (χ1v) is 13.8. The third-order valence-electron chi connectivity index (χ3n) is 8.14. The number of amides is 3.